The average Bonchev–Trinajstić information content (AvgIpc) is 2.20. The molecule has 2 rings (SSSR count). The highest BCUT2D eigenvalue weighted by Crippen LogP contribution is 2.29. The van der Waals surface area contributed by atoms with Crippen LogP contribution in [-0.4, -0.2) is 25.4 Å². The van der Waals surface area contributed by atoms with Crippen molar-refractivity contribution in [3.05, 3.63) is 18.2 Å². The molecule has 100 valence electrons. The molecule has 0 aromatic heterocycles. The van der Waals surface area contributed by atoms with Crippen LogP contribution in [0.4, 0.5) is 11.4 Å². The standard InChI is InChI=1S/C14H22N2O2/c1-9(2)18-14-5-10(15)4-11(8-14)16-12-6-13(7-12)17-3/h4-5,8-9,12-13,16H,6-7,15H2,1-3H3. The van der Waals surface area contributed by atoms with Gasteiger partial charge in [0.25, 0.3) is 0 Å². The van der Waals surface area contributed by atoms with Crippen LogP contribution in [-0.2, 0) is 4.74 Å². The lowest BCUT2D eigenvalue weighted by Crippen LogP contribution is -2.40. The predicted octanol–water partition coefficient (Wildman–Crippen LogP) is 2.65. The zero-order valence-electron chi connectivity index (χ0n) is 11.3. The van der Waals surface area contributed by atoms with Gasteiger partial charge in [0.15, 0.2) is 0 Å². The minimum absolute atomic E-state index is 0.154. The van der Waals surface area contributed by atoms with Crippen molar-refractivity contribution in [2.75, 3.05) is 18.2 Å². The van der Waals surface area contributed by atoms with E-state index in [1.54, 1.807) is 7.11 Å². The second-order valence-corrected chi connectivity index (χ2v) is 5.13. The van der Waals surface area contributed by atoms with Gasteiger partial charge in [-0.15, -0.1) is 0 Å². The third kappa shape index (κ3) is 3.29. The number of methoxy groups -OCH3 is 1. The fourth-order valence-corrected chi connectivity index (χ4v) is 2.16. The quantitative estimate of drug-likeness (QED) is 0.789. The van der Waals surface area contributed by atoms with Crippen LogP contribution in [0.15, 0.2) is 18.2 Å². The number of nitrogen functional groups attached to an aromatic ring is 1. The van der Waals surface area contributed by atoms with E-state index < -0.39 is 0 Å². The van der Waals surface area contributed by atoms with Crippen molar-refractivity contribution in [3.8, 4) is 5.75 Å². The summed E-state index contributed by atoms with van der Waals surface area (Å²) >= 11 is 0. The topological polar surface area (TPSA) is 56.5 Å². The van der Waals surface area contributed by atoms with E-state index in [1.807, 2.05) is 32.0 Å². The third-order valence-electron chi connectivity index (χ3n) is 3.10. The van der Waals surface area contributed by atoms with Gasteiger partial charge >= 0.3 is 0 Å². The zero-order valence-corrected chi connectivity index (χ0v) is 11.3. The van der Waals surface area contributed by atoms with Crippen LogP contribution in [0.25, 0.3) is 0 Å². The summed E-state index contributed by atoms with van der Waals surface area (Å²) in [7, 11) is 1.76. The number of rotatable bonds is 5. The molecule has 0 heterocycles. The Morgan fingerprint density at radius 1 is 1.28 bits per heavy atom. The maximum Gasteiger partial charge on any atom is 0.123 e. The number of hydrogen-bond acceptors (Lipinski definition) is 4. The summed E-state index contributed by atoms with van der Waals surface area (Å²) in [6, 6.07) is 6.26. The first-order valence-electron chi connectivity index (χ1n) is 6.43. The van der Waals surface area contributed by atoms with E-state index in [9.17, 15) is 0 Å². The first kappa shape index (κ1) is 13.0. The average molecular weight is 250 g/mol. The molecule has 18 heavy (non-hydrogen) atoms. The first-order chi connectivity index (χ1) is 8.56. The summed E-state index contributed by atoms with van der Waals surface area (Å²) in [5, 5.41) is 3.46. The van der Waals surface area contributed by atoms with Crippen LogP contribution in [0.2, 0.25) is 0 Å². The molecule has 0 saturated heterocycles. The molecule has 4 nitrogen and oxygen atoms in total. The minimum Gasteiger partial charge on any atom is -0.491 e. The minimum atomic E-state index is 0.154. The Balaban J connectivity index is 1.97. The Bertz CT molecular complexity index is 401. The Labute approximate surface area is 108 Å². The van der Waals surface area contributed by atoms with Crippen molar-refractivity contribution in [1.29, 1.82) is 0 Å². The van der Waals surface area contributed by atoms with Crippen molar-refractivity contribution in [3.63, 3.8) is 0 Å². The van der Waals surface area contributed by atoms with Crippen molar-refractivity contribution in [2.24, 2.45) is 0 Å². The Morgan fingerprint density at radius 2 is 2.00 bits per heavy atom. The number of ether oxygens (including phenoxy) is 2. The molecule has 0 radical (unpaired) electrons. The fourth-order valence-electron chi connectivity index (χ4n) is 2.16. The summed E-state index contributed by atoms with van der Waals surface area (Å²) in [6.07, 6.45) is 2.65. The molecule has 1 saturated carbocycles. The molecular weight excluding hydrogens is 228 g/mol. The molecule has 4 heteroatoms. The number of nitrogens with one attached hydrogen (secondary N) is 1. The van der Waals surface area contributed by atoms with Crippen molar-refractivity contribution in [2.45, 2.75) is 44.9 Å². The molecule has 3 N–H and O–H groups in total. The molecule has 0 unspecified atom stereocenters. The van der Waals surface area contributed by atoms with Gasteiger partial charge < -0.3 is 20.5 Å². The molecular formula is C14H22N2O2. The SMILES string of the molecule is COC1CC(Nc2cc(N)cc(OC(C)C)c2)C1. The molecule has 1 aliphatic carbocycles. The molecule has 0 atom stereocenters. The zero-order chi connectivity index (χ0) is 13.1. The summed E-state index contributed by atoms with van der Waals surface area (Å²) in [5.74, 6) is 0.815. The second kappa shape index (κ2) is 5.48. The number of benzene rings is 1. The summed E-state index contributed by atoms with van der Waals surface area (Å²) in [4.78, 5) is 0. The van der Waals surface area contributed by atoms with Gasteiger partial charge in [0, 0.05) is 36.7 Å². The van der Waals surface area contributed by atoms with Gasteiger partial charge in [0.05, 0.1) is 12.2 Å². The van der Waals surface area contributed by atoms with Crippen LogP contribution in [0, 0.1) is 0 Å². The molecule has 1 aliphatic rings. The Morgan fingerprint density at radius 3 is 2.61 bits per heavy atom. The van der Waals surface area contributed by atoms with Crippen molar-refractivity contribution in [1.82, 2.24) is 0 Å². The highest BCUT2D eigenvalue weighted by Gasteiger charge is 2.28. The van der Waals surface area contributed by atoms with E-state index in [1.165, 1.54) is 0 Å². The van der Waals surface area contributed by atoms with Gasteiger partial charge in [-0.3, -0.25) is 0 Å². The van der Waals surface area contributed by atoms with Gasteiger partial charge in [-0.2, -0.15) is 0 Å². The summed E-state index contributed by atoms with van der Waals surface area (Å²) in [6.45, 7) is 4.01. The predicted molar refractivity (Wildman–Crippen MR) is 74.1 cm³/mol. The molecule has 0 bridgehead atoms. The normalized spacial score (nSPS) is 22.7. The monoisotopic (exact) mass is 250 g/mol. The van der Waals surface area contributed by atoms with Crippen LogP contribution in [0.3, 0.4) is 0 Å². The van der Waals surface area contributed by atoms with E-state index in [0.717, 1.165) is 30.0 Å². The molecule has 1 aromatic carbocycles. The lowest BCUT2D eigenvalue weighted by atomic mass is 9.89. The Hall–Kier alpha value is -1.42. The third-order valence-corrected chi connectivity index (χ3v) is 3.10. The molecule has 1 aromatic rings. The van der Waals surface area contributed by atoms with E-state index in [-0.39, 0.29) is 6.10 Å². The Kier molecular flexibility index (Phi) is 3.97. The van der Waals surface area contributed by atoms with Gasteiger partial charge in [0.1, 0.15) is 5.75 Å². The van der Waals surface area contributed by atoms with Gasteiger partial charge in [0.2, 0.25) is 0 Å². The van der Waals surface area contributed by atoms with E-state index in [2.05, 4.69) is 5.32 Å². The van der Waals surface area contributed by atoms with Gasteiger partial charge in [-0.25, -0.2) is 0 Å². The van der Waals surface area contributed by atoms with Gasteiger partial charge in [-0.05, 0) is 32.8 Å². The van der Waals surface area contributed by atoms with E-state index >= 15 is 0 Å². The number of nitrogens with two attached hydrogens (primary N) is 1. The van der Waals surface area contributed by atoms with Crippen LogP contribution < -0.4 is 15.8 Å². The van der Waals surface area contributed by atoms with Crippen LogP contribution >= 0.6 is 0 Å². The smallest absolute Gasteiger partial charge is 0.123 e. The lowest BCUT2D eigenvalue weighted by Gasteiger charge is -2.35. The number of hydrogen-bond donors (Lipinski definition) is 2. The van der Waals surface area contributed by atoms with Gasteiger partial charge in [-0.1, -0.05) is 0 Å². The second-order valence-electron chi connectivity index (χ2n) is 5.13. The highest BCUT2D eigenvalue weighted by molar-refractivity contribution is 5.59. The van der Waals surface area contributed by atoms with E-state index in [4.69, 9.17) is 15.2 Å². The van der Waals surface area contributed by atoms with Crippen molar-refractivity contribution < 1.29 is 9.47 Å². The van der Waals surface area contributed by atoms with E-state index in [0.29, 0.717) is 12.1 Å². The lowest BCUT2D eigenvalue weighted by molar-refractivity contribution is 0.0329. The summed E-state index contributed by atoms with van der Waals surface area (Å²) < 4.78 is 10.9. The number of anilines is 2. The molecule has 0 amide bonds. The first-order valence-corrected chi connectivity index (χ1v) is 6.43. The maximum atomic E-state index is 5.88. The summed E-state index contributed by atoms with van der Waals surface area (Å²) in [5.41, 5.74) is 7.62. The van der Waals surface area contributed by atoms with Crippen LogP contribution in [0.1, 0.15) is 26.7 Å². The molecule has 0 spiro atoms. The highest BCUT2D eigenvalue weighted by atomic mass is 16.5. The van der Waals surface area contributed by atoms with Crippen LogP contribution in [0.5, 0.6) is 5.75 Å². The maximum absolute atomic E-state index is 5.88. The van der Waals surface area contributed by atoms with Crippen molar-refractivity contribution >= 4 is 11.4 Å². The molecule has 1 fully saturated rings. The largest absolute Gasteiger partial charge is 0.491 e. The fraction of sp³-hybridized carbons (Fsp3) is 0.571. The molecule has 0 aliphatic heterocycles.